The van der Waals surface area contributed by atoms with Crippen LogP contribution in [0.5, 0.6) is 0 Å². The maximum Gasteiger partial charge on any atom is 0.142 e. The molecule has 5 rings (SSSR count). The van der Waals surface area contributed by atoms with Crippen molar-refractivity contribution in [2.24, 2.45) is 28.6 Å². The highest BCUT2D eigenvalue weighted by Gasteiger charge is 2.56. The van der Waals surface area contributed by atoms with E-state index in [1.807, 2.05) is 0 Å². The van der Waals surface area contributed by atoms with Crippen molar-refractivity contribution in [2.45, 2.75) is 58.8 Å². The minimum atomic E-state index is -0.265. The van der Waals surface area contributed by atoms with Gasteiger partial charge in [0.1, 0.15) is 11.6 Å². The normalized spacial score (nSPS) is 40.6. The molecule has 2 nitrogen and oxygen atoms in total. The third-order valence-corrected chi connectivity index (χ3v) is 8.54. The number of ketones is 1. The lowest BCUT2D eigenvalue weighted by molar-refractivity contribution is -0.130. The van der Waals surface area contributed by atoms with E-state index in [0.29, 0.717) is 29.0 Å². The lowest BCUT2D eigenvalue weighted by atomic mass is 9.46. The van der Waals surface area contributed by atoms with Gasteiger partial charge in [-0.05, 0) is 72.5 Å². The molecule has 0 bridgehead atoms. The van der Waals surface area contributed by atoms with Crippen LogP contribution in [-0.4, -0.2) is 10.8 Å². The Morgan fingerprint density at radius 2 is 1.96 bits per heavy atom. The molecule has 0 radical (unpaired) electrons. The number of pyridine rings is 1. The van der Waals surface area contributed by atoms with Crippen molar-refractivity contribution in [3.05, 3.63) is 47.6 Å². The van der Waals surface area contributed by atoms with Crippen molar-refractivity contribution in [3.63, 3.8) is 0 Å². The number of aromatic nitrogens is 1. The molecule has 5 atom stereocenters. The molecule has 1 aromatic heterocycles. The molecule has 0 amide bonds. The third kappa shape index (κ3) is 2.43. The molecule has 0 aliphatic heterocycles. The fourth-order valence-corrected chi connectivity index (χ4v) is 7.01. The predicted molar refractivity (Wildman–Crippen MR) is 104 cm³/mol. The van der Waals surface area contributed by atoms with Crippen molar-refractivity contribution in [1.29, 1.82) is 0 Å². The number of fused-ring (bicyclic) bond motifs is 5. The van der Waals surface area contributed by atoms with Crippen LogP contribution in [0.3, 0.4) is 0 Å². The molecule has 0 spiro atoms. The summed E-state index contributed by atoms with van der Waals surface area (Å²) >= 11 is 0. The van der Waals surface area contributed by atoms with Gasteiger partial charge in [0, 0.05) is 24.5 Å². The monoisotopic (exact) mass is 365 g/mol. The number of hydrogen-bond donors (Lipinski definition) is 0. The van der Waals surface area contributed by atoms with Crippen LogP contribution in [0.15, 0.2) is 36.2 Å². The molecule has 3 saturated carbocycles. The summed E-state index contributed by atoms with van der Waals surface area (Å²) in [6.07, 6.45) is 14.9. The van der Waals surface area contributed by atoms with Gasteiger partial charge in [-0.2, -0.15) is 0 Å². The van der Waals surface area contributed by atoms with Crippen LogP contribution in [0.4, 0.5) is 4.39 Å². The fourth-order valence-electron chi connectivity index (χ4n) is 7.01. The first-order valence-electron chi connectivity index (χ1n) is 10.5. The summed E-state index contributed by atoms with van der Waals surface area (Å²) < 4.78 is 13.8. The van der Waals surface area contributed by atoms with Crippen LogP contribution in [-0.2, 0) is 4.79 Å². The molecule has 0 aromatic carbocycles. The number of rotatable bonds is 1. The molecule has 3 heteroatoms. The van der Waals surface area contributed by atoms with Crippen molar-refractivity contribution < 1.29 is 9.18 Å². The topological polar surface area (TPSA) is 30.0 Å². The van der Waals surface area contributed by atoms with E-state index in [1.54, 1.807) is 17.8 Å². The molecule has 0 saturated heterocycles. The molecule has 3 fully saturated rings. The molecule has 142 valence electrons. The Hall–Kier alpha value is -1.77. The summed E-state index contributed by atoms with van der Waals surface area (Å²) in [4.78, 5) is 16.1. The number of carbonyl (C=O) groups excluding carboxylic acids is 1. The van der Waals surface area contributed by atoms with Crippen LogP contribution < -0.4 is 0 Å². The highest BCUT2D eigenvalue weighted by Crippen LogP contribution is 2.65. The SMILES string of the molecule is CC12CCC3C(CCC4CC(=O)CCC43C)C1=CC=C2c1cncc(F)c1. The first-order valence-corrected chi connectivity index (χ1v) is 10.5. The summed E-state index contributed by atoms with van der Waals surface area (Å²) in [5.74, 6) is 2.07. The van der Waals surface area contributed by atoms with Crippen LogP contribution in [0.1, 0.15) is 64.4 Å². The van der Waals surface area contributed by atoms with Crippen molar-refractivity contribution >= 4 is 11.4 Å². The first-order chi connectivity index (χ1) is 12.9. The van der Waals surface area contributed by atoms with E-state index in [9.17, 15) is 9.18 Å². The molecular formula is C24H28FNO. The van der Waals surface area contributed by atoms with Crippen LogP contribution in [0.25, 0.3) is 5.57 Å². The number of nitrogens with zero attached hydrogens (tertiary/aromatic N) is 1. The van der Waals surface area contributed by atoms with Crippen molar-refractivity contribution in [3.8, 4) is 0 Å². The Morgan fingerprint density at radius 1 is 1.11 bits per heavy atom. The average Bonchev–Trinajstić information content (AvgIpc) is 2.99. The summed E-state index contributed by atoms with van der Waals surface area (Å²) in [5, 5.41) is 0. The number of Topliss-reactive ketones (excluding diaryl/α,β-unsaturated/α-hetero) is 1. The van der Waals surface area contributed by atoms with Crippen molar-refractivity contribution in [2.75, 3.05) is 0 Å². The Morgan fingerprint density at radius 3 is 2.78 bits per heavy atom. The van der Waals surface area contributed by atoms with Gasteiger partial charge in [-0.1, -0.05) is 31.6 Å². The molecule has 27 heavy (non-hydrogen) atoms. The minimum absolute atomic E-state index is 0.00429. The summed E-state index contributed by atoms with van der Waals surface area (Å²) in [6.45, 7) is 4.81. The number of allylic oxidation sites excluding steroid dienone is 4. The molecule has 5 unspecified atom stereocenters. The quantitative estimate of drug-likeness (QED) is 0.634. The van der Waals surface area contributed by atoms with Crippen LogP contribution in [0.2, 0.25) is 0 Å². The Balaban J connectivity index is 1.47. The maximum absolute atomic E-state index is 13.8. The van der Waals surface area contributed by atoms with E-state index in [1.165, 1.54) is 31.0 Å². The van der Waals surface area contributed by atoms with Crippen LogP contribution in [0, 0.1) is 34.4 Å². The second kappa shape index (κ2) is 5.86. The van der Waals surface area contributed by atoms with E-state index in [0.717, 1.165) is 31.2 Å². The largest absolute Gasteiger partial charge is 0.300 e. The number of carbonyl (C=O) groups is 1. The molecular weight excluding hydrogens is 337 g/mol. The van der Waals surface area contributed by atoms with Gasteiger partial charge in [-0.15, -0.1) is 0 Å². The highest BCUT2D eigenvalue weighted by molar-refractivity contribution is 5.80. The van der Waals surface area contributed by atoms with E-state index < -0.39 is 0 Å². The summed E-state index contributed by atoms with van der Waals surface area (Å²) in [6, 6.07) is 1.62. The Labute approximate surface area is 161 Å². The average molecular weight is 365 g/mol. The second-order valence-corrected chi connectivity index (χ2v) is 9.70. The lowest BCUT2D eigenvalue weighted by Gasteiger charge is -2.58. The van der Waals surface area contributed by atoms with Gasteiger partial charge in [-0.3, -0.25) is 9.78 Å². The van der Waals surface area contributed by atoms with Gasteiger partial charge in [0.05, 0.1) is 6.20 Å². The van der Waals surface area contributed by atoms with Gasteiger partial charge >= 0.3 is 0 Å². The molecule has 0 N–H and O–H groups in total. The Bertz CT molecular complexity index is 871. The van der Waals surface area contributed by atoms with Gasteiger partial charge in [0.2, 0.25) is 0 Å². The van der Waals surface area contributed by atoms with Gasteiger partial charge in [-0.25, -0.2) is 4.39 Å². The Kier molecular flexibility index (Phi) is 3.76. The minimum Gasteiger partial charge on any atom is -0.300 e. The van der Waals surface area contributed by atoms with E-state index >= 15 is 0 Å². The van der Waals surface area contributed by atoms with Crippen LogP contribution >= 0.6 is 0 Å². The highest BCUT2D eigenvalue weighted by atomic mass is 19.1. The van der Waals surface area contributed by atoms with Gasteiger partial charge in [0.15, 0.2) is 0 Å². The number of hydrogen-bond acceptors (Lipinski definition) is 2. The van der Waals surface area contributed by atoms with Crippen molar-refractivity contribution in [1.82, 2.24) is 4.98 Å². The zero-order valence-electron chi connectivity index (χ0n) is 16.3. The predicted octanol–water partition coefficient (Wildman–Crippen LogP) is 5.75. The molecule has 1 aromatic rings. The smallest absolute Gasteiger partial charge is 0.142 e. The molecule has 4 aliphatic rings. The number of halogens is 1. The maximum atomic E-state index is 13.8. The summed E-state index contributed by atoms with van der Waals surface area (Å²) in [7, 11) is 0. The third-order valence-electron chi connectivity index (χ3n) is 8.54. The first kappa shape index (κ1) is 17.3. The molecule has 1 heterocycles. The standard InChI is InChI=1S/C24H28FNO/c1-23-9-7-18(27)12-16(23)3-4-19-21-6-5-20(15-11-17(25)14-26-13-15)24(21,2)10-8-22(19)23/h5-6,11,13-14,16,19,22H,3-4,7-10,12H2,1-2H3. The second-order valence-electron chi connectivity index (χ2n) is 9.70. The van der Waals surface area contributed by atoms with E-state index in [2.05, 4.69) is 31.0 Å². The van der Waals surface area contributed by atoms with E-state index in [4.69, 9.17) is 0 Å². The zero-order chi connectivity index (χ0) is 18.8. The zero-order valence-corrected chi connectivity index (χ0v) is 16.3. The van der Waals surface area contributed by atoms with Gasteiger partial charge in [0.25, 0.3) is 0 Å². The molecule has 4 aliphatic carbocycles. The lowest BCUT2D eigenvalue weighted by Crippen LogP contribution is -2.50. The summed E-state index contributed by atoms with van der Waals surface area (Å²) in [5.41, 5.74) is 4.01. The fraction of sp³-hybridized carbons (Fsp3) is 0.583. The van der Waals surface area contributed by atoms with Gasteiger partial charge < -0.3 is 0 Å². The van der Waals surface area contributed by atoms with E-state index in [-0.39, 0.29) is 11.2 Å².